The first-order valence-corrected chi connectivity index (χ1v) is 7.12. The molecule has 98 valence electrons. The van der Waals surface area contributed by atoms with Crippen LogP contribution in [0.1, 0.15) is 5.56 Å². The van der Waals surface area contributed by atoms with Gasteiger partial charge in [-0.25, -0.2) is 4.98 Å². The van der Waals surface area contributed by atoms with Crippen molar-refractivity contribution in [3.8, 4) is 0 Å². The van der Waals surface area contributed by atoms with Crippen molar-refractivity contribution in [3.63, 3.8) is 0 Å². The molecule has 0 saturated carbocycles. The molecule has 0 spiro atoms. The molecular formula is C12H10BrN3O2S. The van der Waals surface area contributed by atoms with Gasteiger partial charge in [0.15, 0.2) is 0 Å². The number of benzene rings is 1. The molecule has 0 unspecified atom stereocenters. The van der Waals surface area contributed by atoms with E-state index in [1.165, 1.54) is 17.8 Å². The maximum absolute atomic E-state index is 10.7. The molecule has 5 nitrogen and oxygen atoms in total. The number of aromatic nitrogens is 1. The molecular weight excluding hydrogens is 330 g/mol. The first-order chi connectivity index (χ1) is 9.08. The molecule has 0 bridgehead atoms. The Morgan fingerprint density at radius 1 is 1.42 bits per heavy atom. The Bertz CT molecular complexity index is 622. The molecule has 0 saturated heterocycles. The van der Waals surface area contributed by atoms with Crippen molar-refractivity contribution in [2.75, 3.05) is 5.73 Å². The zero-order chi connectivity index (χ0) is 13.8. The maximum Gasteiger partial charge on any atom is 0.292 e. The molecule has 1 aromatic heterocycles. The normalized spacial score (nSPS) is 10.4. The maximum atomic E-state index is 10.7. The standard InChI is InChI=1S/C12H10BrN3O2S/c13-9-2-1-5-15-12(9)19-7-8-3-4-11(16(17)18)10(14)6-8/h1-6H,7,14H2. The fourth-order valence-electron chi connectivity index (χ4n) is 1.49. The van der Waals surface area contributed by atoms with Crippen LogP contribution < -0.4 is 5.73 Å². The third kappa shape index (κ3) is 3.45. The summed E-state index contributed by atoms with van der Waals surface area (Å²) in [6.45, 7) is 0. The van der Waals surface area contributed by atoms with Gasteiger partial charge in [-0.05, 0) is 39.7 Å². The summed E-state index contributed by atoms with van der Waals surface area (Å²) in [5.41, 5.74) is 6.69. The zero-order valence-corrected chi connectivity index (χ0v) is 12.1. The van der Waals surface area contributed by atoms with E-state index in [4.69, 9.17) is 5.73 Å². The van der Waals surface area contributed by atoms with Crippen LogP contribution in [-0.2, 0) is 5.75 Å². The molecule has 0 aliphatic rings. The molecule has 19 heavy (non-hydrogen) atoms. The van der Waals surface area contributed by atoms with E-state index >= 15 is 0 Å². The number of nitro benzene ring substituents is 1. The summed E-state index contributed by atoms with van der Waals surface area (Å²) >= 11 is 4.96. The summed E-state index contributed by atoms with van der Waals surface area (Å²) in [7, 11) is 0. The van der Waals surface area contributed by atoms with Crippen LogP contribution in [0.15, 0.2) is 46.0 Å². The minimum atomic E-state index is -0.485. The molecule has 0 radical (unpaired) electrons. The fraction of sp³-hybridized carbons (Fsp3) is 0.0833. The Kier molecular flexibility index (Phi) is 4.39. The monoisotopic (exact) mass is 339 g/mol. The molecule has 2 N–H and O–H groups in total. The molecule has 2 aromatic rings. The largest absolute Gasteiger partial charge is 0.393 e. The van der Waals surface area contributed by atoms with Crippen LogP contribution in [0.3, 0.4) is 0 Å². The summed E-state index contributed by atoms with van der Waals surface area (Å²) in [5.74, 6) is 0.651. The average Bonchev–Trinajstić information content (AvgIpc) is 2.37. The fourth-order valence-corrected chi connectivity index (χ4v) is 2.91. The smallest absolute Gasteiger partial charge is 0.292 e. The van der Waals surface area contributed by atoms with E-state index in [1.807, 2.05) is 12.1 Å². The van der Waals surface area contributed by atoms with Gasteiger partial charge in [0.25, 0.3) is 5.69 Å². The second-order valence-electron chi connectivity index (χ2n) is 3.73. The highest BCUT2D eigenvalue weighted by atomic mass is 79.9. The van der Waals surface area contributed by atoms with Gasteiger partial charge in [0, 0.05) is 22.5 Å². The van der Waals surface area contributed by atoms with Gasteiger partial charge in [0.2, 0.25) is 0 Å². The van der Waals surface area contributed by atoms with Crippen molar-refractivity contribution in [3.05, 3.63) is 56.7 Å². The molecule has 0 atom stereocenters. The van der Waals surface area contributed by atoms with E-state index in [-0.39, 0.29) is 11.4 Å². The van der Waals surface area contributed by atoms with Crippen molar-refractivity contribution >= 4 is 39.1 Å². The molecule has 7 heteroatoms. The van der Waals surface area contributed by atoms with Crippen LogP contribution in [0, 0.1) is 10.1 Å². The van der Waals surface area contributed by atoms with E-state index in [1.54, 1.807) is 18.3 Å². The van der Waals surface area contributed by atoms with Crippen LogP contribution in [0.5, 0.6) is 0 Å². The number of pyridine rings is 1. The number of nitrogen functional groups attached to an aromatic ring is 1. The number of nitrogens with two attached hydrogens (primary N) is 1. The number of thioether (sulfide) groups is 1. The zero-order valence-electron chi connectivity index (χ0n) is 9.75. The first-order valence-electron chi connectivity index (χ1n) is 5.34. The Hall–Kier alpha value is -1.60. The van der Waals surface area contributed by atoms with Crippen molar-refractivity contribution in [1.82, 2.24) is 4.98 Å². The van der Waals surface area contributed by atoms with E-state index in [0.29, 0.717) is 5.75 Å². The molecule has 0 aliphatic carbocycles. The Morgan fingerprint density at radius 3 is 2.84 bits per heavy atom. The van der Waals surface area contributed by atoms with Gasteiger partial charge in [-0.15, -0.1) is 11.8 Å². The first kappa shape index (κ1) is 13.8. The lowest BCUT2D eigenvalue weighted by atomic mass is 10.2. The van der Waals surface area contributed by atoms with Gasteiger partial charge in [-0.3, -0.25) is 10.1 Å². The lowest BCUT2D eigenvalue weighted by Crippen LogP contribution is -1.96. The van der Waals surface area contributed by atoms with Crippen molar-refractivity contribution < 1.29 is 4.92 Å². The number of halogens is 1. The number of hydrogen-bond acceptors (Lipinski definition) is 5. The SMILES string of the molecule is Nc1cc(CSc2ncccc2Br)ccc1[N+](=O)[O-]. The second kappa shape index (κ2) is 6.03. The molecule has 1 aromatic carbocycles. The van der Waals surface area contributed by atoms with Crippen molar-refractivity contribution in [2.45, 2.75) is 10.8 Å². The number of anilines is 1. The van der Waals surface area contributed by atoms with Gasteiger partial charge in [0.1, 0.15) is 10.7 Å². The van der Waals surface area contributed by atoms with Gasteiger partial charge in [-0.1, -0.05) is 6.07 Å². The summed E-state index contributed by atoms with van der Waals surface area (Å²) in [4.78, 5) is 14.4. The lowest BCUT2D eigenvalue weighted by Gasteiger charge is -2.04. The average molecular weight is 340 g/mol. The minimum absolute atomic E-state index is 0.0623. The predicted molar refractivity (Wildman–Crippen MR) is 79.0 cm³/mol. The minimum Gasteiger partial charge on any atom is -0.393 e. The Labute approximate surface area is 122 Å². The van der Waals surface area contributed by atoms with Crippen LogP contribution in [0.25, 0.3) is 0 Å². The highest BCUT2D eigenvalue weighted by Crippen LogP contribution is 2.29. The highest BCUT2D eigenvalue weighted by Gasteiger charge is 2.11. The summed E-state index contributed by atoms with van der Waals surface area (Å²) < 4.78 is 0.926. The van der Waals surface area contributed by atoms with E-state index in [9.17, 15) is 10.1 Å². The Balaban J connectivity index is 2.11. The topological polar surface area (TPSA) is 82.0 Å². The third-order valence-corrected chi connectivity index (χ3v) is 4.37. The molecule has 0 fully saturated rings. The number of nitrogens with zero attached hydrogens (tertiary/aromatic N) is 2. The second-order valence-corrected chi connectivity index (χ2v) is 5.55. The van der Waals surface area contributed by atoms with Gasteiger partial charge < -0.3 is 5.73 Å². The van der Waals surface area contributed by atoms with Gasteiger partial charge in [0.05, 0.1) is 4.92 Å². The summed E-state index contributed by atoms with van der Waals surface area (Å²) in [6, 6.07) is 8.52. The van der Waals surface area contributed by atoms with Crippen LogP contribution in [0.4, 0.5) is 11.4 Å². The third-order valence-electron chi connectivity index (χ3n) is 2.39. The predicted octanol–water partition coefficient (Wildman–Crippen LogP) is 3.63. The van der Waals surface area contributed by atoms with E-state index in [0.717, 1.165) is 15.1 Å². The molecule has 1 heterocycles. The van der Waals surface area contributed by atoms with Crippen molar-refractivity contribution in [2.24, 2.45) is 0 Å². The van der Waals surface area contributed by atoms with E-state index in [2.05, 4.69) is 20.9 Å². The quantitative estimate of drug-likeness (QED) is 0.398. The summed E-state index contributed by atoms with van der Waals surface area (Å²) in [5, 5.41) is 11.5. The summed E-state index contributed by atoms with van der Waals surface area (Å²) in [6.07, 6.45) is 1.72. The van der Waals surface area contributed by atoms with E-state index < -0.39 is 4.92 Å². The van der Waals surface area contributed by atoms with Crippen LogP contribution in [-0.4, -0.2) is 9.91 Å². The molecule has 2 rings (SSSR count). The van der Waals surface area contributed by atoms with Crippen LogP contribution >= 0.6 is 27.7 Å². The number of rotatable bonds is 4. The number of hydrogen-bond donors (Lipinski definition) is 1. The highest BCUT2D eigenvalue weighted by molar-refractivity contribution is 9.10. The Morgan fingerprint density at radius 2 is 2.21 bits per heavy atom. The molecule has 0 amide bonds. The van der Waals surface area contributed by atoms with Crippen LogP contribution in [0.2, 0.25) is 0 Å². The lowest BCUT2D eigenvalue weighted by molar-refractivity contribution is -0.383. The number of nitro groups is 1. The molecule has 0 aliphatic heterocycles. The van der Waals surface area contributed by atoms with Gasteiger partial charge >= 0.3 is 0 Å². The van der Waals surface area contributed by atoms with Gasteiger partial charge in [-0.2, -0.15) is 0 Å². The van der Waals surface area contributed by atoms with Crippen molar-refractivity contribution in [1.29, 1.82) is 0 Å².